The van der Waals surface area contributed by atoms with Crippen LogP contribution in [0.2, 0.25) is 0 Å². The predicted octanol–water partition coefficient (Wildman–Crippen LogP) is 3.30. The molecule has 19 heavy (non-hydrogen) atoms. The highest BCUT2D eigenvalue weighted by atomic mass is 19.2. The fraction of sp³-hybridized carbons (Fsp3) is 0.286. The van der Waals surface area contributed by atoms with Crippen molar-refractivity contribution in [2.45, 2.75) is 25.2 Å². The highest BCUT2D eigenvalue weighted by Crippen LogP contribution is 2.46. The second-order valence-corrected chi connectivity index (χ2v) is 4.66. The minimum absolute atomic E-state index is 0.368. The highest BCUT2D eigenvalue weighted by molar-refractivity contribution is 5.53. The third-order valence-corrected chi connectivity index (χ3v) is 3.09. The van der Waals surface area contributed by atoms with Crippen molar-refractivity contribution in [1.29, 1.82) is 0 Å². The third kappa shape index (κ3) is 2.41. The van der Waals surface area contributed by atoms with Crippen molar-refractivity contribution in [2.75, 3.05) is 5.32 Å². The van der Waals surface area contributed by atoms with Gasteiger partial charge in [-0.2, -0.15) is 0 Å². The molecule has 0 amide bonds. The number of halogens is 2. The topological polar surface area (TPSA) is 37.8 Å². The van der Waals surface area contributed by atoms with E-state index in [1.165, 1.54) is 0 Å². The summed E-state index contributed by atoms with van der Waals surface area (Å²) in [4.78, 5) is 8.41. The van der Waals surface area contributed by atoms with Crippen molar-refractivity contribution in [1.82, 2.24) is 9.97 Å². The average Bonchev–Trinajstić information content (AvgIpc) is 2.97. The number of hydrogen-bond donors (Lipinski definition) is 1. The zero-order valence-corrected chi connectivity index (χ0v) is 10.3. The Balaban J connectivity index is 1.86. The first-order valence-electron chi connectivity index (χ1n) is 6.11. The Morgan fingerprint density at radius 3 is 2.37 bits per heavy atom. The maximum absolute atomic E-state index is 13.1. The first kappa shape index (κ1) is 12.0. The highest BCUT2D eigenvalue weighted by Gasteiger charge is 2.54. The summed E-state index contributed by atoms with van der Waals surface area (Å²) in [5.74, 6) is -0.370. The number of rotatable bonds is 3. The van der Waals surface area contributed by atoms with E-state index >= 15 is 0 Å². The number of alkyl halides is 2. The van der Waals surface area contributed by atoms with Crippen LogP contribution >= 0.6 is 0 Å². The summed E-state index contributed by atoms with van der Waals surface area (Å²) in [6.07, 6.45) is -2.86. The van der Waals surface area contributed by atoms with Crippen LogP contribution in [-0.2, 0) is 0 Å². The van der Waals surface area contributed by atoms with Crippen LogP contribution in [0.3, 0.4) is 0 Å². The van der Waals surface area contributed by atoms with E-state index in [1.54, 1.807) is 13.0 Å². The molecule has 1 aromatic carbocycles. The van der Waals surface area contributed by atoms with Crippen molar-refractivity contribution in [2.24, 2.45) is 0 Å². The lowest BCUT2D eigenvalue weighted by atomic mass is 10.2. The van der Waals surface area contributed by atoms with Crippen LogP contribution in [0.5, 0.6) is 0 Å². The van der Waals surface area contributed by atoms with Gasteiger partial charge in [0.25, 0.3) is 0 Å². The molecule has 1 N–H and O–H groups in total. The molecule has 0 spiro atoms. The number of nitrogens with zero attached hydrogens (tertiary/aromatic N) is 2. The normalized spacial score (nSPS) is 25.1. The van der Waals surface area contributed by atoms with Crippen molar-refractivity contribution < 1.29 is 8.78 Å². The van der Waals surface area contributed by atoms with Crippen LogP contribution in [0.4, 0.5) is 20.4 Å². The lowest BCUT2D eigenvalue weighted by Crippen LogP contribution is -2.02. The van der Waals surface area contributed by atoms with Crippen molar-refractivity contribution in [3.05, 3.63) is 47.8 Å². The van der Waals surface area contributed by atoms with E-state index in [9.17, 15) is 8.78 Å². The summed E-state index contributed by atoms with van der Waals surface area (Å²) in [5.41, 5.74) is 1.95. The van der Waals surface area contributed by atoms with Gasteiger partial charge in [0.05, 0.1) is 11.6 Å². The van der Waals surface area contributed by atoms with E-state index < -0.39 is 18.3 Å². The van der Waals surface area contributed by atoms with E-state index in [4.69, 9.17) is 0 Å². The SMILES string of the molecule is Cc1cc(C2C(F)C2F)nc(Nc2ccccc2)n1. The van der Waals surface area contributed by atoms with Crippen molar-refractivity contribution in [3.63, 3.8) is 0 Å². The molecule has 98 valence electrons. The Morgan fingerprint density at radius 1 is 1.05 bits per heavy atom. The molecule has 1 saturated carbocycles. The van der Waals surface area contributed by atoms with Crippen LogP contribution in [0.25, 0.3) is 0 Å². The van der Waals surface area contributed by atoms with Crippen LogP contribution in [0, 0.1) is 6.92 Å². The van der Waals surface area contributed by atoms with Crippen LogP contribution in [0.15, 0.2) is 36.4 Å². The van der Waals surface area contributed by atoms with E-state index in [1.807, 2.05) is 30.3 Å². The third-order valence-electron chi connectivity index (χ3n) is 3.09. The monoisotopic (exact) mass is 261 g/mol. The van der Waals surface area contributed by atoms with Gasteiger partial charge >= 0.3 is 0 Å². The van der Waals surface area contributed by atoms with Gasteiger partial charge in [0, 0.05) is 11.4 Å². The molecule has 5 heteroatoms. The number of nitrogens with one attached hydrogen (secondary N) is 1. The molecule has 0 saturated heterocycles. The molecule has 1 fully saturated rings. The smallest absolute Gasteiger partial charge is 0.227 e. The number of benzene rings is 1. The predicted molar refractivity (Wildman–Crippen MR) is 69.0 cm³/mol. The Labute approximate surface area is 109 Å². The van der Waals surface area contributed by atoms with Gasteiger partial charge in [-0.1, -0.05) is 18.2 Å². The molecule has 1 aromatic heterocycles. The summed E-state index contributed by atoms with van der Waals surface area (Å²) in [7, 11) is 0. The number of aryl methyl sites for hydroxylation is 1. The maximum Gasteiger partial charge on any atom is 0.227 e. The van der Waals surface area contributed by atoms with E-state index in [2.05, 4.69) is 15.3 Å². The minimum Gasteiger partial charge on any atom is -0.324 e. The molecule has 3 nitrogen and oxygen atoms in total. The van der Waals surface area contributed by atoms with Gasteiger partial charge in [0.15, 0.2) is 0 Å². The molecule has 1 heterocycles. The second-order valence-electron chi connectivity index (χ2n) is 4.66. The van der Waals surface area contributed by atoms with E-state index in [0.29, 0.717) is 17.3 Å². The molecule has 3 rings (SSSR count). The van der Waals surface area contributed by atoms with Gasteiger partial charge in [-0.3, -0.25) is 0 Å². The molecule has 1 aliphatic rings. The Kier molecular flexibility index (Phi) is 2.89. The fourth-order valence-corrected chi connectivity index (χ4v) is 2.04. The summed E-state index contributed by atoms with van der Waals surface area (Å²) >= 11 is 0. The van der Waals surface area contributed by atoms with Gasteiger partial charge in [-0.15, -0.1) is 0 Å². The van der Waals surface area contributed by atoms with Crippen molar-refractivity contribution in [3.8, 4) is 0 Å². The summed E-state index contributed by atoms with van der Waals surface area (Å²) in [5, 5.41) is 3.03. The van der Waals surface area contributed by atoms with E-state index in [0.717, 1.165) is 5.69 Å². The van der Waals surface area contributed by atoms with Crippen LogP contribution < -0.4 is 5.32 Å². The molecule has 0 bridgehead atoms. The van der Waals surface area contributed by atoms with Crippen LogP contribution in [0.1, 0.15) is 17.3 Å². The lowest BCUT2D eigenvalue weighted by molar-refractivity contribution is 0.372. The summed E-state index contributed by atoms with van der Waals surface area (Å²) in [6.45, 7) is 1.78. The quantitative estimate of drug-likeness (QED) is 0.921. The molecule has 2 aromatic rings. The summed E-state index contributed by atoms with van der Waals surface area (Å²) < 4.78 is 26.2. The van der Waals surface area contributed by atoms with Crippen LogP contribution in [-0.4, -0.2) is 22.3 Å². The maximum atomic E-state index is 13.1. The lowest BCUT2D eigenvalue weighted by Gasteiger charge is -2.07. The zero-order chi connectivity index (χ0) is 13.4. The Bertz CT molecular complexity index is 580. The summed E-state index contributed by atoms with van der Waals surface area (Å²) in [6, 6.07) is 11.0. The van der Waals surface area contributed by atoms with Gasteiger partial charge < -0.3 is 5.32 Å². The van der Waals surface area contributed by atoms with Gasteiger partial charge in [-0.05, 0) is 25.1 Å². The molecular formula is C14H13F2N3. The number of anilines is 2. The molecule has 2 atom stereocenters. The number of aromatic nitrogens is 2. The first-order valence-corrected chi connectivity index (χ1v) is 6.11. The average molecular weight is 261 g/mol. The molecule has 0 radical (unpaired) electrons. The van der Waals surface area contributed by atoms with Gasteiger partial charge in [-0.25, -0.2) is 18.7 Å². The molecule has 1 aliphatic carbocycles. The number of para-hydroxylation sites is 1. The molecule has 2 unspecified atom stereocenters. The van der Waals surface area contributed by atoms with E-state index in [-0.39, 0.29) is 0 Å². The Morgan fingerprint density at radius 2 is 1.74 bits per heavy atom. The second kappa shape index (κ2) is 4.57. The minimum atomic E-state index is -1.43. The van der Waals surface area contributed by atoms with Gasteiger partial charge in [0.1, 0.15) is 12.3 Å². The van der Waals surface area contributed by atoms with Gasteiger partial charge in [0.2, 0.25) is 5.95 Å². The van der Waals surface area contributed by atoms with Crippen molar-refractivity contribution >= 4 is 11.6 Å². The molecular weight excluding hydrogens is 248 g/mol. The Hall–Kier alpha value is -2.04. The first-order chi connectivity index (χ1) is 9.15. The zero-order valence-electron chi connectivity index (χ0n) is 10.3. The molecule has 0 aliphatic heterocycles. The number of hydrogen-bond acceptors (Lipinski definition) is 3. The fourth-order valence-electron chi connectivity index (χ4n) is 2.04. The largest absolute Gasteiger partial charge is 0.324 e. The standard InChI is InChI=1S/C14H13F2N3/c1-8-7-10(11-12(15)13(11)16)19-14(17-8)18-9-5-3-2-4-6-9/h2-7,11-13H,1H3,(H,17,18,19).